The molecule has 5 heteroatoms. The summed E-state index contributed by atoms with van der Waals surface area (Å²) in [5, 5.41) is 12.2. The second-order valence-corrected chi connectivity index (χ2v) is 5.39. The molecule has 0 bridgehead atoms. The number of carboxylic acid groups (broad SMARTS) is 1. The van der Waals surface area contributed by atoms with E-state index in [-0.39, 0.29) is 11.8 Å². The highest BCUT2D eigenvalue weighted by Gasteiger charge is 2.22. The number of halogens is 1. The van der Waals surface area contributed by atoms with E-state index < -0.39 is 12.0 Å². The number of carboxylic acids is 1. The van der Waals surface area contributed by atoms with Crippen LogP contribution in [-0.4, -0.2) is 23.0 Å². The molecule has 0 radical (unpaired) electrons. The molecule has 2 N–H and O–H groups in total. The smallest absolute Gasteiger partial charge is 0.326 e. The highest BCUT2D eigenvalue weighted by Crippen LogP contribution is 2.15. The van der Waals surface area contributed by atoms with Crippen molar-refractivity contribution in [2.45, 2.75) is 33.2 Å². The summed E-state index contributed by atoms with van der Waals surface area (Å²) < 4.78 is 0. The van der Waals surface area contributed by atoms with Gasteiger partial charge in [0.15, 0.2) is 0 Å². The van der Waals surface area contributed by atoms with E-state index in [0.717, 1.165) is 5.56 Å². The molecular formula is C14H18ClNO3. The minimum absolute atomic E-state index is 0.188. The maximum atomic E-state index is 12.1. The van der Waals surface area contributed by atoms with Crippen molar-refractivity contribution in [3.05, 3.63) is 34.3 Å². The van der Waals surface area contributed by atoms with Gasteiger partial charge in [0.25, 0.3) is 5.91 Å². The number of nitrogens with one attached hydrogen (secondary N) is 1. The highest BCUT2D eigenvalue weighted by molar-refractivity contribution is 6.30. The van der Waals surface area contributed by atoms with Crippen LogP contribution in [0.15, 0.2) is 18.2 Å². The van der Waals surface area contributed by atoms with Crippen molar-refractivity contribution in [2.75, 3.05) is 0 Å². The van der Waals surface area contributed by atoms with Gasteiger partial charge in [0, 0.05) is 10.6 Å². The predicted octanol–water partition coefficient (Wildman–Crippen LogP) is 2.88. The van der Waals surface area contributed by atoms with Crippen LogP contribution < -0.4 is 5.32 Å². The van der Waals surface area contributed by atoms with Crippen molar-refractivity contribution in [1.82, 2.24) is 5.32 Å². The van der Waals surface area contributed by atoms with Crippen molar-refractivity contribution in [2.24, 2.45) is 5.92 Å². The van der Waals surface area contributed by atoms with E-state index >= 15 is 0 Å². The van der Waals surface area contributed by atoms with Gasteiger partial charge in [0.1, 0.15) is 6.04 Å². The lowest BCUT2D eigenvalue weighted by atomic mass is 10.0. The van der Waals surface area contributed by atoms with E-state index in [0.29, 0.717) is 17.0 Å². The molecule has 0 fully saturated rings. The van der Waals surface area contributed by atoms with Gasteiger partial charge in [-0.3, -0.25) is 4.79 Å². The van der Waals surface area contributed by atoms with E-state index in [9.17, 15) is 9.59 Å². The zero-order chi connectivity index (χ0) is 14.6. The van der Waals surface area contributed by atoms with Crippen LogP contribution in [0.3, 0.4) is 0 Å². The minimum atomic E-state index is -1.02. The molecule has 0 aliphatic heterocycles. The van der Waals surface area contributed by atoms with Crippen LogP contribution in [0.5, 0.6) is 0 Å². The van der Waals surface area contributed by atoms with E-state index in [1.807, 2.05) is 13.8 Å². The second kappa shape index (κ2) is 6.57. The molecule has 1 aromatic rings. The van der Waals surface area contributed by atoms with Crippen molar-refractivity contribution < 1.29 is 14.7 Å². The first-order valence-electron chi connectivity index (χ1n) is 6.11. The summed E-state index contributed by atoms with van der Waals surface area (Å²) in [7, 11) is 0. The fraction of sp³-hybridized carbons (Fsp3) is 0.429. The Labute approximate surface area is 117 Å². The molecule has 4 nitrogen and oxygen atoms in total. The van der Waals surface area contributed by atoms with Crippen molar-refractivity contribution in [3.63, 3.8) is 0 Å². The normalized spacial score (nSPS) is 12.3. The first-order valence-corrected chi connectivity index (χ1v) is 6.49. The summed E-state index contributed by atoms with van der Waals surface area (Å²) in [4.78, 5) is 23.2. The maximum absolute atomic E-state index is 12.1. The van der Waals surface area contributed by atoms with E-state index in [2.05, 4.69) is 5.32 Å². The Balaban J connectivity index is 2.84. The number of rotatable bonds is 5. The third-order valence-electron chi connectivity index (χ3n) is 2.74. The van der Waals surface area contributed by atoms with Gasteiger partial charge in [0.05, 0.1) is 0 Å². The molecule has 0 saturated heterocycles. The highest BCUT2D eigenvalue weighted by atomic mass is 35.5. The summed E-state index contributed by atoms with van der Waals surface area (Å²) >= 11 is 5.82. The Morgan fingerprint density at radius 2 is 2.00 bits per heavy atom. The van der Waals surface area contributed by atoms with E-state index in [4.69, 9.17) is 16.7 Å². The molecule has 1 aromatic carbocycles. The molecular weight excluding hydrogens is 266 g/mol. The predicted molar refractivity (Wildman–Crippen MR) is 74.5 cm³/mol. The molecule has 104 valence electrons. The van der Waals surface area contributed by atoms with E-state index in [1.165, 1.54) is 0 Å². The molecule has 0 aliphatic carbocycles. The zero-order valence-corrected chi connectivity index (χ0v) is 12.0. The molecule has 1 rings (SSSR count). The van der Waals surface area contributed by atoms with Gasteiger partial charge in [0.2, 0.25) is 0 Å². The molecule has 0 aliphatic rings. The van der Waals surface area contributed by atoms with Gasteiger partial charge in [-0.15, -0.1) is 0 Å². The van der Waals surface area contributed by atoms with Crippen molar-refractivity contribution in [1.29, 1.82) is 0 Å². The van der Waals surface area contributed by atoms with Gasteiger partial charge >= 0.3 is 5.97 Å². The molecule has 0 heterocycles. The van der Waals surface area contributed by atoms with Crippen LogP contribution in [0.25, 0.3) is 0 Å². The van der Waals surface area contributed by atoms with Crippen molar-refractivity contribution in [3.8, 4) is 0 Å². The quantitative estimate of drug-likeness (QED) is 0.873. The van der Waals surface area contributed by atoms with Crippen LogP contribution in [0.4, 0.5) is 0 Å². The Bertz CT molecular complexity index is 486. The fourth-order valence-electron chi connectivity index (χ4n) is 1.81. The number of aryl methyl sites for hydroxylation is 1. The number of hydrogen-bond donors (Lipinski definition) is 2. The Kier molecular flexibility index (Phi) is 5.36. The third-order valence-corrected chi connectivity index (χ3v) is 2.98. The number of hydrogen-bond acceptors (Lipinski definition) is 2. The largest absolute Gasteiger partial charge is 0.480 e. The van der Waals surface area contributed by atoms with Crippen LogP contribution >= 0.6 is 11.6 Å². The fourth-order valence-corrected chi connectivity index (χ4v) is 2.04. The monoisotopic (exact) mass is 283 g/mol. The Morgan fingerprint density at radius 1 is 1.37 bits per heavy atom. The van der Waals surface area contributed by atoms with Gasteiger partial charge in [-0.2, -0.15) is 0 Å². The SMILES string of the molecule is Cc1cc(Cl)ccc1C(=O)N[C@@H](CC(C)C)C(=O)O. The molecule has 1 amide bonds. The van der Waals surface area contributed by atoms with Crippen LogP contribution in [0, 0.1) is 12.8 Å². The average Bonchev–Trinajstić information content (AvgIpc) is 2.26. The third kappa shape index (κ3) is 4.56. The molecule has 0 aromatic heterocycles. The first-order chi connectivity index (χ1) is 8.81. The van der Waals surface area contributed by atoms with Gasteiger partial charge in [-0.25, -0.2) is 4.79 Å². The Hall–Kier alpha value is -1.55. The van der Waals surface area contributed by atoms with Crippen LogP contribution in [-0.2, 0) is 4.79 Å². The summed E-state index contributed by atoms with van der Waals surface area (Å²) in [5.74, 6) is -1.22. The van der Waals surface area contributed by atoms with Gasteiger partial charge < -0.3 is 10.4 Å². The van der Waals surface area contributed by atoms with Crippen molar-refractivity contribution >= 4 is 23.5 Å². The topological polar surface area (TPSA) is 66.4 Å². The van der Waals surface area contributed by atoms with Crippen LogP contribution in [0.2, 0.25) is 5.02 Å². The summed E-state index contributed by atoms with van der Waals surface area (Å²) in [6, 6.07) is 4.01. The summed E-state index contributed by atoms with van der Waals surface area (Å²) in [5.41, 5.74) is 1.16. The number of aliphatic carboxylic acids is 1. The second-order valence-electron chi connectivity index (χ2n) is 4.95. The van der Waals surface area contributed by atoms with E-state index in [1.54, 1.807) is 25.1 Å². The number of amides is 1. The molecule has 0 spiro atoms. The number of carbonyl (C=O) groups excluding carboxylic acids is 1. The Morgan fingerprint density at radius 3 is 2.47 bits per heavy atom. The first kappa shape index (κ1) is 15.5. The lowest BCUT2D eigenvalue weighted by molar-refractivity contribution is -0.139. The molecule has 0 unspecified atom stereocenters. The summed E-state index contributed by atoms with van der Waals surface area (Å²) in [6.07, 6.45) is 0.397. The number of benzene rings is 1. The molecule has 1 atom stereocenters. The molecule has 19 heavy (non-hydrogen) atoms. The number of carbonyl (C=O) groups is 2. The minimum Gasteiger partial charge on any atom is -0.480 e. The van der Waals surface area contributed by atoms with Gasteiger partial charge in [-0.1, -0.05) is 25.4 Å². The summed E-state index contributed by atoms with van der Waals surface area (Å²) in [6.45, 7) is 5.59. The van der Waals surface area contributed by atoms with Crippen LogP contribution in [0.1, 0.15) is 36.2 Å². The zero-order valence-electron chi connectivity index (χ0n) is 11.2. The average molecular weight is 284 g/mol. The molecule has 0 saturated carbocycles. The van der Waals surface area contributed by atoms with Gasteiger partial charge in [-0.05, 0) is 43.0 Å². The lowest BCUT2D eigenvalue weighted by Gasteiger charge is -2.17. The standard InChI is InChI=1S/C14H18ClNO3/c1-8(2)6-12(14(18)19)16-13(17)11-5-4-10(15)7-9(11)3/h4-5,7-8,12H,6H2,1-3H3,(H,16,17)(H,18,19)/t12-/m0/s1. The maximum Gasteiger partial charge on any atom is 0.326 e. The lowest BCUT2D eigenvalue weighted by Crippen LogP contribution is -2.41.